The monoisotopic (exact) mass is 365 g/mol. The van der Waals surface area contributed by atoms with Gasteiger partial charge in [0, 0.05) is 10.5 Å². The number of benzene rings is 1. The summed E-state index contributed by atoms with van der Waals surface area (Å²) in [7, 11) is 0. The molecule has 1 fully saturated rings. The van der Waals surface area contributed by atoms with Crippen LogP contribution in [0.5, 0.6) is 5.75 Å². The van der Waals surface area contributed by atoms with E-state index >= 15 is 0 Å². The fourth-order valence-electron chi connectivity index (χ4n) is 1.46. The van der Waals surface area contributed by atoms with Crippen LogP contribution in [0.15, 0.2) is 21.6 Å². The molecule has 0 aromatic heterocycles. The molecule has 4 nitrogen and oxygen atoms in total. The maximum absolute atomic E-state index is 6.04. The molecule has 0 radical (unpaired) electrons. The Morgan fingerprint density at radius 3 is 2.63 bits per heavy atom. The molecule has 1 aromatic carbocycles. The zero-order valence-electron chi connectivity index (χ0n) is 10.1. The average molecular weight is 367 g/mol. The number of aliphatic imine (C=N–C) groups is 1. The topological polar surface area (TPSA) is 59.6 Å². The van der Waals surface area contributed by atoms with Gasteiger partial charge in [-0.05, 0) is 25.0 Å². The van der Waals surface area contributed by atoms with Gasteiger partial charge in [-0.15, -0.1) is 0 Å². The molecule has 3 N–H and O–H groups in total. The number of hydrogen-bond donors (Lipinski definition) is 2. The Morgan fingerprint density at radius 1 is 1.42 bits per heavy atom. The highest BCUT2D eigenvalue weighted by molar-refractivity contribution is 9.10. The van der Waals surface area contributed by atoms with Gasteiger partial charge in [-0.3, -0.25) is 0 Å². The van der Waals surface area contributed by atoms with Gasteiger partial charge in [0.15, 0.2) is 11.7 Å². The molecule has 0 unspecified atom stereocenters. The largest absolute Gasteiger partial charge is 0.489 e. The lowest BCUT2D eigenvalue weighted by Crippen LogP contribution is -2.33. The van der Waals surface area contributed by atoms with Crippen LogP contribution in [0, 0.1) is 0 Å². The maximum Gasteiger partial charge on any atom is 0.188 e. The highest BCUT2D eigenvalue weighted by Gasteiger charge is 2.21. The Labute approximate surface area is 130 Å². The van der Waals surface area contributed by atoms with Crippen LogP contribution in [0.1, 0.15) is 12.8 Å². The minimum atomic E-state index is 0.369. The molecule has 0 atom stereocenters. The standard InChI is InChI=1S/C12H14BrCl2N3O/c13-7-5-9(14)11(10(15)6-7)19-4-3-17-12(16)18-8-1-2-8/h5-6,8H,1-4H2,(H3,16,17,18). The van der Waals surface area contributed by atoms with Gasteiger partial charge in [0.2, 0.25) is 0 Å². The van der Waals surface area contributed by atoms with E-state index in [9.17, 15) is 0 Å². The lowest BCUT2D eigenvalue weighted by atomic mass is 10.3. The van der Waals surface area contributed by atoms with Crippen molar-refractivity contribution in [2.24, 2.45) is 10.7 Å². The third-order valence-corrected chi connectivity index (χ3v) is 3.53. The van der Waals surface area contributed by atoms with Gasteiger partial charge in [0.1, 0.15) is 6.61 Å². The van der Waals surface area contributed by atoms with Gasteiger partial charge in [-0.25, -0.2) is 4.99 Å². The summed E-state index contributed by atoms with van der Waals surface area (Å²) in [5.41, 5.74) is 5.70. The van der Waals surface area contributed by atoms with Gasteiger partial charge in [-0.1, -0.05) is 39.1 Å². The summed E-state index contributed by atoms with van der Waals surface area (Å²) >= 11 is 15.4. The molecule has 0 bridgehead atoms. The lowest BCUT2D eigenvalue weighted by molar-refractivity contribution is 0.329. The molecule has 104 valence electrons. The number of ether oxygens (including phenoxy) is 1. The van der Waals surface area contributed by atoms with Crippen molar-refractivity contribution in [1.82, 2.24) is 5.32 Å². The first-order chi connectivity index (χ1) is 9.06. The van der Waals surface area contributed by atoms with Crippen LogP contribution < -0.4 is 15.8 Å². The molecule has 0 aliphatic heterocycles. The second-order valence-electron chi connectivity index (χ2n) is 4.23. The van der Waals surface area contributed by atoms with Crippen molar-refractivity contribution >= 4 is 45.1 Å². The molecule has 2 rings (SSSR count). The summed E-state index contributed by atoms with van der Waals surface area (Å²) < 4.78 is 6.33. The first-order valence-electron chi connectivity index (χ1n) is 5.90. The summed E-state index contributed by atoms with van der Waals surface area (Å²) in [6.45, 7) is 0.822. The Kier molecular flexibility index (Phi) is 5.19. The van der Waals surface area contributed by atoms with E-state index in [-0.39, 0.29) is 0 Å². The SMILES string of the molecule is NC(=NCCOc1c(Cl)cc(Br)cc1Cl)NC1CC1. The van der Waals surface area contributed by atoms with Crippen LogP contribution >= 0.6 is 39.1 Å². The molecule has 0 amide bonds. The Bertz CT molecular complexity index is 469. The molecule has 1 aromatic rings. The van der Waals surface area contributed by atoms with E-state index in [0.29, 0.717) is 40.9 Å². The second-order valence-corrected chi connectivity index (χ2v) is 5.96. The van der Waals surface area contributed by atoms with Crippen LogP contribution in [0.2, 0.25) is 10.0 Å². The Hall–Kier alpha value is -0.650. The van der Waals surface area contributed by atoms with E-state index in [1.807, 2.05) is 0 Å². The molecule has 7 heteroatoms. The summed E-state index contributed by atoms with van der Waals surface area (Å²) in [6, 6.07) is 3.96. The number of rotatable bonds is 5. The molecule has 19 heavy (non-hydrogen) atoms. The summed E-state index contributed by atoms with van der Waals surface area (Å²) in [6.07, 6.45) is 2.33. The zero-order valence-corrected chi connectivity index (χ0v) is 13.2. The average Bonchev–Trinajstić information content (AvgIpc) is 3.10. The van der Waals surface area contributed by atoms with Crippen LogP contribution in [-0.2, 0) is 0 Å². The van der Waals surface area contributed by atoms with E-state index < -0.39 is 0 Å². The fraction of sp³-hybridized carbons (Fsp3) is 0.417. The number of nitrogens with two attached hydrogens (primary N) is 1. The van der Waals surface area contributed by atoms with Gasteiger partial charge in [0.05, 0.1) is 16.6 Å². The van der Waals surface area contributed by atoms with Crippen LogP contribution in [0.4, 0.5) is 0 Å². The second kappa shape index (κ2) is 6.68. The zero-order chi connectivity index (χ0) is 13.8. The molecular weight excluding hydrogens is 353 g/mol. The summed E-state index contributed by atoms with van der Waals surface area (Å²) in [5, 5.41) is 4.03. The van der Waals surface area contributed by atoms with Gasteiger partial charge in [-0.2, -0.15) is 0 Å². The molecule has 0 saturated heterocycles. The number of nitrogens with one attached hydrogen (secondary N) is 1. The highest BCUT2D eigenvalue weighted by atomic mass is 79.9. The lowest BCUT2D eigenvalue weighted by Gasteiger charge is -2.09. The van der Waals surface area contributed by atoms with E-state index in [4.69, 9.17) is 33.7 Å². The summed E-state index contributed by atoms with van der Waals surface area (Å²) in [4.78, 5) is 4.16. The maximum atomic E-state index is 6.04. The van der Waals surface area contributed by atoms with Crippen molar-refractivity contribution in [3.63, 3.8) is 0 Å². The first-order valence-corrected chi connectivity index (χ1v) is 7.45. The van der Waals surface area contributed by atoms with Gasteiger partial charge >= 0.3 is 0 Å². The normalized spacial score (nSPS) is 15.4. The minimum Gasteiger partial charge on any atom is -0.489 e. The molecule has 1 aliphatic carbocycles. The molecule has 1 saturated carbocycles. The smallest absolute Gasteiger partial charge is 0.188 e. The summed E-state index contributed by atoms with van der Waals surface area (Å²) in [5.74, 6) is 0.926. The van der Waals surface area contributed by atoms with Gasteiger partial charge in [0.25, 0.3) is 0 Å². The molecule has 0 spiro atoms. The van der Waals surface area contributed by atoms with Crippen molar-refractivity contribution < 1.29 is 4.74 Å². The van der Waals surface area contributed by atoms with E-state index in [1.54, 1.807) is 12.1 Å². The predicted octanol–water partition coefficient (Wildman–Crippen LogP) is 3.20. The molecule has 0 heterocycles. The fourth-order valence-corrected chi connectivity index (χ4v) is 2.78. The Morgan fingerprint density at radius 2 is 2.05 bits per heavy atom. The van der Waals surface area contributed by atoms with E-state index in [2.05, 4.69) is 26.2 Å². The van der Waals surface area contributed by atoms with Crippen LogP contribution in [0.3, 0.4) is 0 Å². The molecule has 1 aliphatic rings. The number of halogens is 3. The predicted molar refractivity (Wildman–Crippen MR) is 82.3 cm³/mol. The quantitative estimate of drug-likeness (QED) is 0.478. The highest BCUT2D eigenvalue weighted by Crippen LogP contribution is 2.35. The van der Waals surface area contributed by atoms with Crippen LogP contribution in [0.25, 0.3) is 0 Å². The molecular formula is C12H14BrCl2N3O. The van der Waals surface area contributed by atoms with Crippen LogP contribution in [-0.4, -0.2) is 25.2 Å². The van der Waals surface area contributed by atoms with E-state index in [1.165, 1.54) is 0 Å². The third kappa shape index (κ3) is 4.75. The number of nitrogens with zero attached hydrogens (tertiary/aromatic N) is 1. The van der Waals surface area contributed by atoms with Crippen molar-refractivity contribution in [1.29, 1.82) is 0 Å². The van der Waals surface area contributed by atoms with Crippen molar-refractivity contribution in [3.8, 4) is 5.75 Å². The Balaban J connectivity index is 1.82. The first kappa shape index (κ1) is 14.8. The van der Waals surface area contributed by atoms with E-state index in [0.717, 1.165) is 17.3 Å². The van der Waals surface area contributed by atoms with Gasteiger partial charge < -0.3 is 15.8 Å². The minimum absolute atomic E-state index is 0.369. The third-order valence-electron chi connectivity index (χ3n) is 2.51. The number of hydrogen-bond acceptors (Lipinski definition) is 2. The van der Waals surface area contributed by atoms with Crippen molar-refractivity contribution in [2.75, 3.05) is 13.2 Å². The number of guanidine groups is 1. The van der Waals surface area contributed by atoms with Crippen molar-refractivity contribution in [3.05, 3.63) is 26.7 Å². The van der Waals surface area contributed by atoms with Crippen molar-refractivity contribution in [2.45, 2.75) is 18.9 Å².